The number of carbonyl (C=O) groups is 1. The van der Waals surface area contributed by atoms with Crippen molar-refractivity contribution >= 4 is 11.7 Å². The van der Waals surface area contributed by atoms with Crippen LogP contribution in [0.2, 0.25) is 0 Å². The maximum absolute atomic E-state index is 13.2. The molecule has 6 nitrogen and oxygen atoms in total. The predicted octanol–water partition coefficient (Wildman–Crippen LogP) is 2.88. The second-order valence-electron chi connectivity index (χ2n) is 9.25. The molecule has 0 N–H and O–H groups in total. The van der Waals surface area contributed by atoms with Gasteiger partial charge < -0.3 is 14.7 Å². The van der Waals surface area contributed by atoms with Gasteiger partial charge in [-0.05, 0) is 59.5 Å². The van der Waals surface area contributed by atoms with Crippen LogP contribution >= 0.6 is 0 Å². The zero-order valence-electron chi connectivity index (χ0n) is 18.0. The molecule has 1 atom stereocenters. The van der Waals surface area contributed by atoms with Crippen LogP contribution in [-0.4, -0.2) is 71.5 Å². The van der Waals surface area contributed by atoms with Gasteiger partial charge in [-0.3, -0.25) is 4.79 Å². The zero-order valence-corrected chi connectivity index (χ0v) is 18.0. The second kappa shape index (κ2) is 7.38. The fourth-order valence-electron chi connectivity index (χ4n) is 4.51. The number of hydrogen-bond donors (Lipinski definition) is 0. The fraction of sp³-hybridized carbons (Fsp3) is 0.762. The molecule has 1 saturated heterocycles. The van der Waals surface area contributed by atoms with Gasteiger partial charge in [0.1, 0.15) is 5.82 Å². The highest BCUT2D eigenvalue weighted by Gasteiger charge is 2.41. The molecule has 1 aliphatic heterocycles. The Hall–Kier alpha value is -1.69. The van der Waals surface area contributed by atoms with Crippen molar-refractivity contribution in [2.45, 2.75) is 66.0 Å². The summed E-state index contributed by atoms with van der Waals surface area (Å²) in [5, 5.41) is 0. The number of rotatable bonds is 5. The minimum absolute atomic E-state index is 0.0225. The largest absolute Gasteiger partial charge is 0.355 e. The average molecular weight is 374 g/mol. The van der Waals surface area contributed by atoms with Crippen LogP contribution in [0.25, 0.3) is 0 Å². The Kier molecular flexibility index (Phi) is 5.48. The third kappa shape index (κ3) is 3.96. The molecule has 0 spiro atoms. The van der Waals surface area contributed by atoms with Gasteiger partial charge in [0.25, 0.3) is 5.91 Å². The van der Waals surface area contributed by atoms with Gasteiger partial charge in [-0.2, -0.15) is 0 Å². The highest BCUT2D eigenvalue weighted by molar-refractivity contribution is 5.91. The van der Waals surface area contributed by atoms with Gasteiger partial charge in [-0.25, -0.2) is 9.97 Å². The first kappa shape index (κ1) is 20.1. The molecule has 1 amide bonds. The lowest BCUT2D eigenvalue weighted by atomic mass is 9.68. The highest BCUT2D eigenvalue weighted by atomic mass is 16.2. The first-order valence-corrected chi connectivity index (χ1v) is 10.2. The summed E-state index contributed by atoms with van der Waals surface area (Å²) in [5.41, 5.74) is 2.32. The Morgan fingerprint density at radius 2 is 1.85 bits per heavy atom. The van der Waals surface area contributed by atoms with E-state index in [0.717, 1.165) is 49.4 Å². The van der Waals surface area contributed by atoms with Crippen molar-refractivity contribution in [2.24, 2.45) is 5.41 Å². The van der Waals surface area contributed by atoms with Crippen molar-refractivity contribution in [1.82, 2.24) is 19.8 Å². The number of aromatic nitrogens is 2. The molecule has 0 aromatic carbocycles. The van der Waals surface area contributed by atoms with Crippen molar-refractivity contribution < 1.29 is 4.79 Å². The van der Waals surface area contributed by atoms with Crippen LogP contribution in [0.15, 0.2) is 0 Å². The van der Waals surface area contributed by atoms with E-state index >= 15 is 0 Å². The minimum atomic E-state index is -0.0225. The maximum atomic E-state index is 13.2. The molecule has 0 bridgehead atoms. The van der Waals surface area contributed by atoms with Gasteiger partial charge in [-0.15, -0.1) is 0 Å². The van der Waals surface area contributed by atoms with Gasteiger partial charge in [0.15, 0.2) is 0 Å². The Bertz CT molecular complexity index is 707. The molecular formula is C21H35N5O. The molecule has 1 aliphatic carbocycles. The Balaban J connectivity index is 1.84. The van der Waals surface area contributed by atoms with E-state index in [-0.39, 0.29) is 5.91 Å². The molecule has 0 unspecified atom stereocenters. The Morgan fingerprint density at radius 1 is 1.19 bits per heavy atom. The smallest absolute Gasteiger partial charge is 0.291 e. The molecule has 6 heteroatoms. The van der Waals surface area contributed by atoms with E-state index in [9.17, 15) is 4.79 Å². The molecule has 2 aliphatic rings. The molecule has 0 radical (unpaired) electrons. The maximum Gasteiger partial charge on any atom is 0.291 e. The van der Waals surface area contributed by atoms with Gasteiger partial charge in [0.05, 0.1) is 0 Å². The van der Waals surface area contributed by atoms with Crippen LogP contribution in [0.5, 0.6) is 0 Å². The molecule has 150 valence electrons. The monoisotopic (exact) mass is 373 g/mol. The van der Waals surface area contributed by atoms with Gasteiger partial charge in [0, 0.05) is 43.0 Å². The van der Waals surface area contributed by atoms with Gasteiger partial charge >= 0.3 is 0 Å². The average Bonchev–Trinajstić information content (AvgIpc) is 3.06. The lowest BCUT2D eigenvalue weighted by Crippen LogP contribution is -2.51. The zero-order chi connectivity index (χ0) is 19.9. The van der Waals surface area contributed by atoms with Crippen LogP contribution in [0.1, 0.15) is 61.9 Å². The third-order valence-electron chi connectivity index (χ3n) is 6.37. The summed E-state index contributed by atoms with van der Waals surface area (Å²) in [5.74, 6) is 1.26. The van der Waals surface area contributed by atoms with Gasteiger partial charge in [-0.1, -0.05) is 13.8 Å². The molecule has 3 rings (SSSR count). The number of carbonyl (C=O) groups excluding carboxylic acids is 1. The van der Waals surface area contributed by atoms with E-state index in [4.69, 9.17) is 4.98 Å². The minimum Gasteiger partial charge on any atom is -0.355 e. The fourth-order valence-corrected chi connectivity index (χ4v) is 4.51. The van der Waals surface area contributed by atoms with Crippen molar-refractivity contribution in [3.63, 3.8) is 0 Å². The number of anilines is 1. The second-order valence-corrected chi connectivity index (χ2v) is 9.25. The Morgan fingerprint density at radius 3 is 2.37 bits per heavy atom. The highest BCUT2D eigenvalue weighted by Crippen LogP contribution is 2.43. The number of amides is 1. The van der Waals surface area contributed by atoms with Crippen LogP contribution < -0.4 is 4.90 Å². The summed E-state index contributed by atoms with van der Waals surface area (Å²) in [6.45, 7) is 13.3. The van der Waals surface area contributed by atoms with E-state index in [2.05, 4.69) is 49.7 Å². The number of hydrogen-bond acceptors (Lipinski definition) is 5. The number of aryl methyl sites for hydroxylation is 1. The Labute approximate surface area is 164 Å². The molecule has 1 saturated carbocycles. The predicted molar refractivity (Wildman–Crippen MR) is 109 cm³/mol. The van der Waals surface area contributed by atoms with Gasteiger partial charge in [0.2, 0.25) is 5.82 Å². The summed E-state index contributed by atoms with van der Waals surface area (Å²) in [6.07, 6.45) is 3.23. The number of likely N-dealkylation sites (N-methyl/N-ethyl adjacent to an activating group) is 1. The molecule has 27 heavy (non-hydrogen) atoms. The van der Waals surface area contributed by atoms with Crippen LogP contribution in [0, 0.1) is 19.3 Å². The lowest BCUT2D eigenvalue weighted by molar-refractivity contribution is 0.0232. The number of nitrogens with zero attached hydrogens (tertiary/aromatic N) is 5. The normalized spacial score (nSPS) is 22.2. The van der Waals surface area contributed by atoms with Crippen LogP contribution in [-0.2, 0) is 0 Å². The van der Waals surface area contributed by atoms with Crippen molar-refractivity contribution in [1.29, 1.82) is 0 Å². The van der Waals surface area contributed by atoms with E-state index in [1.54, 1.807) is 0 Å². The van der Waals surface area contributed by atoms with Crippen molar-refractivity contribution in [2.75, 3.05) is 38.6 Å². The van der Waals surface area contributed by atoms with Crippen LogP contribution in [0.4, 0.5) is 5.82 Å². The SMILES string of the molecule is CCN(C(=O)c1nc(C)c(C)c(N2CC[C@@H](N(C)C)C2)n1)C1CC(C)(C)C1. The summed E-state index contributed by atoms with van der Waals surface area (Å²) in [4.78, 5) is 29.1. The summed E-state index contributed by atoms with van der Waals surface area (Å²) < 4.78 is 0. The topological polar surface area (TPSA) is 52.6 Å². The molecular weight excluding hydrogens is 338 g/mol. The van der Waals surface area contributed by atoms with Crippen LogP contribution in [0.3, 0.4) is 0 Å². The first-order valence-electron chi connectivity index (χ1n) is 10.2. The van der Waals surface area contributed by atoms with Crippen molar-refractivity contribution in [3.8, 4) is 0 Å². The lowest BCUT2D eigenvalue weighted by Gasteiger charge is -2.47. The molecule has 2 heterocycles. The summed E-state index contributed by atoms with van der Waals surface area (Å²) in [7, 11) is 4.25. The molecule has 2 fully saturated rings. The first-order chi connectivity index (χ1) is 12.6. The van der Waals surface area contributed by atoms with E-state index in [1.807, 2.05) is 18.7 Å². The quantitative estimate of drug-likeness (QED) is 0.794. The van der Waals surface area contributed by atoms with E-state index in [0.29, 0.717) is 29.9 Å². The van der Waals surface area contributed by atoms with E-state index < -0.39 is 0 Å². The standard InChI is InChI=1S/C21H35N5O/c1-8-26(17-11-21(4,5)12-17)20(27)18-22-15(3)14(2)19(23-18)25-10-9-16(13-25)24(6)7/h16-17H,8-13H2,1-7H3/t16-/m1/s1. The summed E-state index contributed by atoms with van der Waals surface area (Å²) >= 11 is 0. The van der Waals surface area contributed by atoms with E-state index in [1.165, 1.54) is 0 Å². The molecule has 1 aromatic rings. The van der Waals surface area contributed by atoms with Crippen molar-refractivity contribution in [3.05, 3.63) is 17.1 Å². The third-order valence-corrected chi connectivity index (χ3v) is 6.37. The molecule has 1 aromatic heterocycles. The summed E-state index contributed by atoms with van der Waals surface area (Å²) in [6, 6.07) is 0.847.